The maximum Gasteiger partial charge on any atom is 0.411 e. The third-order valence-electron chi connectivity index (χ3n) is 15.0. The summed E-state index contributed by atoms with van der Waals surface area (Å²) in [6.07, 6.45) is 20.5. The molecule has 1 amide bonds. The molecule has 4 saturated heterocycles. The molecule has 5 heterocycles. The van der Waals surface area contributed by atoms with Crippen molar-refractivity contribution in [1.82, 2.24) is 9.80 Å². The summed E-state index contributed by atoms with van der Waals surface area (Å²) >= 11 is 0. The third-order valence-corrected chi connectivity index (χ3v) is 25.5. The van der Waals surface area contributed by atoms with E-state index < -0.39 is 22.3 Å². The number of piperidine rings is 2. The van der Waals surface area contributed by atoms with Crippen molar-refractivity contribution < 1.29 is 18.4 Å². The molecule has 6 nitrogen and oxygen atoms in total. The summed E-state index contributed by atoms with van der Waals surface area (Å²) in [5, 5.41) is 0.0874. The number of rotatable bonds is 13. The van der Waals surface area contributed by atoms with E-state index in [2.05, 4.69) is 110 Å². The smallest absolute Gasteiger partial charge is 0.411 e. The monoisotopic (exact) mass is 729 g/mol. The van der Waals surface area contributed by atoms with Gasteiger partial charge in [-0.25, -0.2) is 4.79 Å². The number of unbranched alkanes of at least 4 members (excludes halogenated alkanes) is 1. The number of hydrogen-bond acceptors (Lipinski definition) is 5. The standard InChI is InChI=1S/C42H76N2O4Si2/c1-13-14-20-24-36-35-28-43-39(45)48-38(29-46-49(11,12)40(8,9)10)42(43)37(35)26-25-34-23-21-18-16-15-17-19-22-27-41(36,44(34)42)30-47-50(31(2)3,32(4)5)33(6)7/h13,15,17,31-38H,1,14,16,18-30H2,2-12H3/b17-15+/t34?,35-,36?,37-,38+,41-,42+/m0/s1. The molecule has 5 aliphatic rings. The predicted octanol–water partition coefficient (Wildman–Crippen LogP) is 11.5. The van der Waals surface area contributed by atoms with Crippen LogP contribution in [0.2, 0.25) is 34.8 Å². The maximum absolute atomic E-state index is 14.3. The molecule has 8 heteroatoms. The van der Waals surface area contributed by atoms with Crippen LogP contribution in [0.15, 0.2) is 24.8 Å². The molecule has 5 rings (SSSR count). The summed E-state index contributed by atoms with van der Waals surface area (Å²) in [6.45, 7) is 32.4. The number of ether oxygens (including phenoxy) is 1. The van der Waals surface area contributed by atoms with Gasteiger partial charge >= 0.3 is 6.09 Å². The minimum Gasteiger partial charge on any atom is -0.440 e. The Labute approximate surface area is 309 Å². The van der Waals surface area contributed by atoms with Gasteiger partial charge in [0.25, 0.3) is 0 Å². The van der Waals surface area contributed by atoms with Crippen LogP contribution >= 0.6 is 0 Å². The molecule has 7 atom stereocenters. The lowest BCUT2D eigenvalue weighted by Crippen LogP contribution is -2.81. The van der Waals surface area contributed by atoms with E-state index in [1.165, 1.54) is 44.9 Å². The lowest BCUT2D eigenvalue weighted by atomic mass is 9.56. The van der Waals surface area contributed by atoms with Crippen LogP contribution in [0.25, 0.3) is 0 Å². The Morgan fingerprint density at radius 2 is 1.64 bits per heavy atom. The number of carbonyl (C=O) groups is 1. The highest BCUT2D eigenvalue weighted by atomic mass is 28.4. The normalized spacial score (nSPS) is 34.5. The van der Waals surface area contributed by atoms with Crippen LogP contribution in [-0.2, 0) is 13.6 Å². The topological polar surface area (TPSA) is 51.2 Å². The minimum absolute atomic E-state index is 0.0874. The minimum atomic E-state index is -2.19. The number of cyclic esters (lactones) is 1. The van der Waals surface area contributed by atoms with Crippen molar-refractivity contribution in [2.45, 2.75) is 197 Å². The molecule has 0 aromatic rings. The van der Waals surface area contributed by atoms with E-state index in [9.17, 15) is 4.79 Å². The highest BCUT2D eigenvalue weighted by Crippen LogP contribution is 2.66. The van der Waals surface area contributed by atoms with Crippen molar-refractivity contribution in [2.75, 3.05) is 19.8 Å². The molecular weight excluding hydrogens is 653 g/mol. The van der Waals surface area contributed by atoms with Crippen LogP contribution in [0.5, 0.6) is 0 Å². The molecule has 286 valence electrons. The van der Waals surface area contributed by atoms with Gasteiger partial charge in [-0.2, -0.15) is 0 Å². The van der Waals surface area contributed by atoms with E-state index in [0.29, 0.717) is 47.0 Å². The van der Waals surface area contributed by atoms with Gasteiger partial charge in [0.15, 0.2) is 22.7 Å². The van der Waals surface area contributed by atoms with Gasteiger partial charge in [-0.3, -0.25) is 9.80 Å². The average Bonchev–Trinajstić information content (AvgIpc) is 3.45. The first-order valence-electron chi connectivity index (χ1n) is 20.8. The zero-order valence-electron chi connectivity index (χ0n) is 34.2. The number of hydrogen-bond donors (Lipinski definition) is 0. The zero-order valence-corrected chi connectivity index (χ0v) is 36.2. The molecular formula is C42H76N2O4Si2. The fourth-order valence-electron chi connectivity index (χ4n) is 11.9. The molecule has 4 bridgehead atoms. The quantitative estimate of drug-likeness (QED) is 0.107. The molecule has 2 unspecified atom stereocenters. The van der Waals surface area contributed by atoms with E-state index in [0.717, 1.165) is 45.3 Å². The molecule has 4 fully saturated rings. The van der Waals surface area contributed by atoms with Crippen LogP contribution in [0, 0.1) is 17.8 Å². The molecule has 0 saturated carbocycles. The van der Waals surface area contributed by atoms with E-state index in [4.69, 9.17) is 13.6 Å². The second-order valence-electron chi connectivity index (χ2n) is 19.4. The van der Waals surface area contributed by atoms with Crippen molar-refractivity contribution in [2.24, 2.45) is 17.8 Å². The lowest BCUT2D eigenvalue weighted by molar-refractivity contribution is -0.237. The fraction of sp³-hybridized carbons (Fsp3) is 0.881. The van der Waals surface area contributed by atoms with Crippen LogP contribution in [0.4, 0.5) is 4.79 Å². The first-order valence-corrected chi connectivity index (χ1v) is 25.9. The van der Waals surface area contributed by atoms with Crippen molar-refractivity contribution in [3.63, 3.8) is 0 Å². The molecule has 0 radical (unpaired) electrons. The third kappa shape index (κ3) is 6.70. The predicted molar refractivity (Wildman–Crippen MR) is 213 cm³/mol. The zero-order chi connectivity index (χ0) is 36.7. The summed E-state index contributed by atoms with van der Waals surface area (Å²) in [4.78, 5) is 19.6. The van der Waals surface area contributed by atoms with Gasteiger partial charge in [-0.1, -0.05) is 87.0 Å². The second-order valence-corrected chi connectivity index (χ2v) is 29.7. The van der Waals surface area contributed by atoms with Gasteiger partial charge in [0, 0.05) is 24.0 Å². The molecule has 0 aromatic carbocycles. The summed E-state index contributed by atoms with van der Waals surface area (Å²) in [6, 6.07) is 0.403. The molecule has 0 aliphatic carbocycles. The van der Waals surface area contributed by atoms with Gasteiger partial charge in [0.1, 0.15) is 5.66 Å². The average molecular weight is 729 g/mol. The number of nitrogens with zero attached hydrogens (tertiary/aromatic N) is 2. The van der Waals surface area contributed by atoms with E-state index in [-0.39, 0.29) is 22.8 Å². The van der Waals surface area contributed by atoms with Gasteiger partial charge < -0.3 is 13.6 Å². The fourth-order valence-corrected chi connectivity index (χ4v) is 18.4. The summed E-state index contributed by atoms with van der Waals surface area (Å²) < 4.78 is 21.5. The summed E-state index contributed by atoms with van der Waals surface area (Å²) in [5.74, 6) is 1.31. The molecule has 5 aliphatic heterocycles. The number of carbonyl (C=O) groups excluding carboxylic acids is 1. The Morgan fingerprint density at radius 3 is 2.26 bits per heavy atom. The van der Waals surface area contributed by atoms with Crippen LogP contribution in [0.3, 0.4) is 0 Å². The SMILES string of the molecule is C=CCCCC1[C@@H]2CN3C(=O)O[C@H](CO[Si](C)(C)C(C)(C)C)[C@]34[C@H]2CCC2CCCC/C=C/CCC[C@@]1(CO[Si](C(C)C)(C(C)C)C(C)C)N24. The van der Waals surface area contributed by atoms with Crippen LogP contribution in [0.1, 0.15) is 139 Å². The van der Waals surface area contributed by atoms with Crippen molar-refractivity contribution in [3.05, 3.63) is 24.8 Å². The van der Waals surface area contributed by atoms with Crippen molar-refractivity contribution in [3.8, 4) is 0 Å². The maximum atomic E-state index is 14.3. The van der Waals surface area contributed by atoms with Crippen LogP contribution < -0.4 is 0 Å². The Morgan fingerprint density at radius 1 is 0.980 bits per heavy atom. The lowest BCUT2D eigenvalue weighted by Gasteiger charge is -2.68. The molecule has 0 aromatic heterocycles. The Bertz CT molecular complexity index is 1190. The van der Waals surface area contributed by atoms with Crippen molar-refractivity contribution >= 4 is 22.7 Å². The van der Waals surface area contributed by atoms with E-state index >= 15 is 0 Å². The highest BCUT2D eigenvalue weighted by Gasteiger charge is 2.78. The summed E-state index contributed by atoms with van der Waals surface area (Å²) in [5.41, 5.74) is 0.927. The first kappa shape index (κ1) is 40.3. The Hall–Kier alpha value is -0.936. The van der Waals surface area contributed by atoms with Gasteiger partial charge in [-0.15, -0.1) is 6.58 Å². The Balaban J connectivity index is 1.71. The first-order chi connectivity index (χ1) is 23.5. The second kappa shape index (κ2) is 15.4. The number of amides is 1. The number of allylic oxidation sites excluding steroid dienone is 3. The van der Waals surface area contributed by atoms with Gasteiger partial charge in [0.2, 0.25) is 0 Å². The molecule has 50 heavy (non-hydrogen) atoms. The molecule has 1 spiro atoms. The van der Waals surface area contributed by atoms with Crippen LogP contribution in [-0.4, -0.2) is 75.6 Å². The van der Waals surface area contributed by atoms with Gasteiger partial charge in [0.05, 0.1) is 13.2 Å². The van der Waals surface area contributed by atoms with Crippen molar-refractivity contribution in [1.29, 1.82) is 0 Å². The Kier molecular flexibility index (Phi) is 12.4. The largest absolute Gasteiger partial charge is 0.440 e. The highest BCUT2D eigenvalue weighted by molar-refractivity contribution is 6.77. The van der Waals surface area contributed by atoms with E-state index in [1.54, 1.807) is 0 Å². The summed E-state index contributed by atoms with van der Waals surface area (Å²) in [7, 11) is -4.28. The van der Waals surface area contributed by atoms with Gasteiger partial charge in [-0.05, 0) is 117 Å². The molecule has 0 N–H and O–H groups in total. The van der Waals surface area contributed by atoms with E-state index in [1.807, 2.05) is 0 Å².